The van der Waals surface area contributed by atoms with Gasteiger partial charge in [0.2, 0.25) is 5.91 Å². The summed E-state index contributed by atoms with van der Waals surface area (Å²) in [6.45, 7) is 6.88. The number of carbonyl (C=O) groups is 1. The molecule has 2 rings (SSSR count). The second-order valence-corrected chi connectivity index (χ2v) is 5.98. The van der Waals surface area contributed by atoms with Crippen LogP contribution in [0.1, 0.15) is 32.3 Å². The number of nitrogens with zero attached hydrogens (tertiary/aromatic N) is 1. The molecule has 4 nitrogen and oxygen atoms in total. The van der Waals surface area contributed by atoms with E-state index in [4.69, 9.17) is 4.74 Å². The largest absolute Gasteiger partial charge is 0.497 e. The lowest BCUT2D eigenvalue weighted by Gasteiger charge is -2.34. The van der Waals surface area contributed by atoms with E-state index in [9.17, 15) is 4.79 Å². The molecule has 1 aliphatic rings. The Labute approximate surface area is 127 Å². The second kappa shape index (κ2) is 7.46. The lowest BCUT2D eigenvalue weighted by atomic mass is 9.99. The first-order valence-electron chi connectivity index (χ1n) is 7.75. The van der Waals surface area contributed by atoms with Crippen LogP contribution in [0.5, 0.6) is 5.75 Å². The van der Waals surface area contributed by atoms with Crippen molar-refractivity contribution in [3.8, 4) is 5.75 Å². The van der Waals surface area contributed by atoms with Gasteiger partial charge in [-0.25, -0.2) is 0 Å². The first kappa shape index (κ1) is 15.8. The van der Waals surface area contributed by atoms with Crippen molar-refractivity contribution in [3.63, 3.8) is 0 Å². The lowest BCUT2D eigenvalue weighted by Crippen LogP contribution is -2.48. The van der Waals surface area contributed by atoms with E-state index in [1.165, 1.54) is 12.8 Å². The van der Waals surface area contributed by atoms with Crippen LogP contribution in [-0.2, 0) is 11.3 Å². The van der Waals surface area contributed by atoms with Crippen molar-refractivity contribution in [2.75, 3.05) is 20.2 Å². The van der Waals surface area contributed by atoms with Gasteiger partial charge in [-0.2, -0.15) is 0 Å². The predicted molar refractivity (Wildman–Crippen MR) is 84.3 cm³/mol. The summed E-state index contributed by atoms with van der Waals surface area (Å²) in [7, 11) is 1.65. The first-order chi connectivity index (χ1) is 10.1. The zero-order chi connectivity index (χ0) is 15.2. The molecule has 0 spiro atoms. The topological polar surface area (TPSA) is 41.6 Å². The molecule has 1 saturated heterocycles. The Kier molecular flexibility index (Phi) is 5.62. The normalized spacial score (nSPS) is 20.8. The third kappa shape index (κ3) is 4.46. The van der Waals surface area contributed by atoms with Gasteiger partial charge >= 0.3 is 0 Å². The van der Waals surface area contributed by atoms with Crippen molar-refractivity contribution in [1.82, 2.24) is 10.2 Å². The number of ether oxygens (including phenoxy) is 1. The second-order valence-electron chi connectivity index (χ2n) is 5.98. The number of methoxy groups -OCH3 is 1. The van der Waals surface area contributed by atoms with E-state index >= 15 is 0 Å². The molecule has 1 heterocycles. The molecule has 0 saturated carbocycles. The Morgan fingerprint density at radius 1 is 1.43 bits per heavy atom. The van der Waals surface area contributed by atoms with Crippen molar-refractivity contribution in [2.24, 2.45) is 5.92 Å². The van der Waals surface area contributed by atoms with Crippen LogP contribution in [0.15, 0.2) is 24.3 Å². The van der Waals surface area contributed by atoms with Gasteiger partial charge in [0.1, 0.15) is 5.75 Å². The van der Waals surface area contributed by atoms with Crippen molar-refractivity contribution in [3.05, 3.63) is 29.8 Å². The Morgan fingerprint density at radius 3 is 2.76 bits per heavy atom. The van der Waals surface area contributed by atoms with Crippen LogP contribution in [0, 0.1) is 5.92 Å². The summed E-state index contributed by atoms with van der Waals surface area (Å²) >= 11 is 0. The fraction of sp³-hybridized carbons (Fsp3) is 0.588. The SMILES string of the molecule is COc1ccc(CNC(=O)C(C)N2CCCC(C)C2)cc1. The molecule has 1 fully saturated rings. The number of amides is 1. The monoisotopic (exact) mass is 290 g/mol. The Morgan fingerprint density at radius 2 is 2.14 bits per heavy atom. The zero-order valence-corrected chi connectivity index (χ0v) is 13.3. The molecule has 1 amide bonds. The molecule has 2 atom stereocenters. The predicted octanol–water partition coefficient (Wildman–Crippen LogP) is 2.43. The minimum atomic E-state index is -0.0500. The summed E-state index contributed by atoms with van der Waals surface area (Å²) in [6.07, 6.45) is 2.47. The van der Waals surface area contributed by atoms with Gasteiger partial charge in [0.05, 0.1) is 13.2 Å². The average molecular weight is 290 g/mol. The smallest absolute Gasteiger partial charge is 0.237 e. The molecular weight excluding hydrogens is 264 g/mol. The summed E-state index contributed by atoms with van der Waals surface area (Å²) in [5.41, 5.74) is 1.09. The average Bonchev–Trinajstić information content (AvgIpc) is 2.52. The first-order valence-corrected chi connectivity index (χ1v) is 7.75. The van der Waals surface area contributed by atoms with Gasteiger partial charge in [0, 0.05) is 13.1 Å². The minimum Gasteiger partial charge on any atom is -0.497 e. The van der Waals surface area contributed by atoms with Gasteiger partial charge in [-0.05, 0) is 49.9 Å². The number of nitrogens with one attached hydrogen (secondary N) is 1. The number of likely N-dealkylation sites (tertiary alicyclic amines) is 1. The highest BCUT2D eigenvalue weighted by Gasteiger charge is 2.25. The fourth-order valence-corrected chi connectivity index (χ4v) is 2.82. The number of rotatable bonds is 5. The third-order valence-corrected chi connectivity index (χ3v) is 4.24. The van der Waals surface area contributed by atoms with Crippen LogP contribution in [0.4, 0.5) is 0 Å². The number of hydrogen-bond donors (Lipinski definition) is 1. The molecule has 116 valence electrons. The van der Waals surface area contributed by atoms with E-state index < -0.39 is 0 Å². The lowest BCUT2D eigenvalue weighted by molar-refractivity contribution is -0.126. The zero-order valence-electron chi connectivity index (χ0n) is 13.3. The van der Waals surface area contributed by atoms with E-state index in [1.54, 1.807) is 7.11 Å². The van der Waals surface area contributed by atoms with E-state index in [2.05, 4.69) is 17.1 Å². The van der Waals surface area contributed by atoms with Crippen molar-refractivity contribution in [1.29, 1.82) is 0 Å². The summed E-state index contributed by atoms with van der Waals surface area (Å²) in [5, 5.41) is 3.03. The van der Waals surface area contributed by atoms with Gasteiger partial charge in [0.15, 0.2) is 0 Å². The Balaban J connectivity index is 1.82. The Hall–Kier alpha value is -1.55. The molecule has 1 aromatic carbocycles. The standard InChI is InChI=1S/C17H26N2O2/c1-13-5-4-10-19(12-13)14(2)17(20)18-11-15-6-8-16(21-3)9-7-15/h6-9,13-14H,4-5,10-12H2,1-3H3,(H,18,20). The number of hydrogen-bond acceptors (Lipinski definition) is 3. The van der Waals surface area contributed by atoms with Crippen molar-refractivity contribution in [2.45, 2.75) is 39.3 Å². The Bertz CT molecular complexity index is 458. The van der Waals surface area contributed by atoms with Gasteiger partial charge in [-0.3, -0.25) is 9.69 Å². The maximum atomic E-state index is 12.3. The van der Waals surface area contributed by atoms with Gasteiger partial charge in [0.25, 0.3) is 0 Å². The number of piperidine rings is 1. The van der Waals surface area contributed by atoms with Gasteiger partial charge in [-0.1, -0.05) is 19.1 Å². The number of benzene rings is 1. The molecule has 2 unspecified atom stereocenters. The maximum Gasteiger partial charge on any atom is 0.237 e. The highest BCUT2D eigenvalue weighted by Crippen LogP contribution is 2.17. The molecule has 4 heteroatoms. The van der Waals surface area contributed by atoms with E-state index in [0.29, 0.717) is 12.5 Å². The molecule has 1 aliphatic heterocycles. The number of carbonyl (C=O) groups excluding carboxylic acids is 1. The molecule has 0 aromatic heterocycles. The quantitative estimate of drug-likeness (QED) is 0.905. The summed E-state index contributed by atoms with van der Waals surface area (Å²) in [5.74, 6) is 1.64. The van der Waals surface area contributed by atoms with E-state index in [1.807, 2.05) is 31.2 Å². The van der Waals surface area contributed by atoms with Gasteiger partial charge < -0.3 is 10.1 Å². The molecule has 0 aliphatic carbocycles. The van der Waals surface area contributed by atoms with Crippen molar-refractivity contribution >= 4 is 5.91 Å². The molecule has 1 aromatic rings. The summed E-state index contributed by atoms with van der Waals surface area (Å²) in [6, 6.07) is 7.74. The van der Waals surface area contributed by atoms with E-state index in [-0.39, 0.29) is 11.9 Å². The maximum absolute atomic E-state index is 12.3. The van der Waals surface area contributed by atoms with Crippen LogP contribution in [0.25, 0.3) is 0 Å². The molecule has 0 radical (unpaired) electrons. The summed E-state index contributed by atoms with van der Waals surface area (Å²) < 4.78 is 5.13. The van der Waals surface area contributed by atoms with Crippen LogP contribution < -0.4 is 10.1 Å². The molecular formula is C17H26N2O2. The van der Waals surface area contributed by atoms with Crippen LogP contribution >= 0.6 is 0 Å². The van der Waals surface area contributed by atoms with E-state index in [0.717, 1.165) is 24.4 Å². The van der Waals surface area contributed by atoms with Crippen LogP contribution in [0.3, 0.4) is 0 Å². The molecule has 21 heavy (non-hydrogen) atoms. The molecule has 1 N–H and O–H groups in total. The van der Waals surface area contributed by atoms with Crippen LogP contribution in [0.2, 0.25) is 0 Å². The molecule has 0 bridgehead atoms. The minimum absolute atomic E-state index is 0.0500. The summed E-state index contributed by atoms with van der Waals surface area (Å²) in [4.78, 5) is 14.6. The highest BCUT2D eigenvalue weighted by atomic mass is 16.5. The fourth-order valence-electron chi connectivity index (χ4n) is 2.82. The highest BCUT2D eigenvalue weighted by molar-refractivity contribution is 5.81. The van der Waals surface area contributed by atoms with Crippen LogP contribution in [-0.4, -0.2) is 37.0 Å². The van der Waals surface area contributed by atoms with Crippen molar-refractivity contribution < 1.29 is 9.53 Å². The van der Waals surface area contributed by atoms with Gasteiger partial charge in [-0.15, -0.1) is 0 Å². The third-order valence-electron chi connectivity index (χ3n) is 4.24.